The van der Waals surface area contributed by atoms with Crippen molar-refractivity contribution in [3.8, 4) is 5.69 Å². The molecule has 6 nitrogen and oxygen atoms in total. The van der Waals surface area contributed by atoms with Gasteiger partial charge in [-0.1, -0.05) is 22.0 Å². The fourth-order valence-corrected chi connectivity index (χ4v) is 6.28. The highest BCUT2D eigenvalue weighted by Gasteiger charge is 2.42. The first-order valence-electron chi connectivity index (χ1n) is 12.9. The van der Waals surface area contributed by atoms with Crippen LogP contribution < -0.4 is 15.1 Å². The summed E-state index contributed by atoms with van der Waals surface area (Å²) >= 11 is 9.54. The summed E-state index contributed by atoms with van der Waals surface area (Å²) in [4.78, 5) is 9.35. The Bertz CT molecular complexity index is 1430. The number of pyridine rings is 1. The van der Waals surface area contributed by atoms with Crippen LogP contribution in [0, 0.1) is 13.8 Å². The number of thiocarbonyl (C=S) groups is 1. The number of aryl methyl sites for hydroxylation is 1. The number of aromatic nitrogens is 2. The minimum Gasteiger partial charge on any atom is -0.378 e. The van der Waals surface area contributed by atoms with Crippen molar-refractivity contribution in [3.63, 3.8) is 0 Å². The third-order valence-electron chi connectivity index (χ3n) is 7.48. The molecule has 4 aromatic rings. The van der Waals surface area contributed by atoms with Crippen LogP contribution in [0.15, 0.2) is 83.5 Å². The molecular formula is C30H30BrN5OS. The van der Waals surface area contributed by atoms with E-state index in [0.29, 0.717) is 5.11 Å². The lowest BCUT2D eigenvalue weighted by molar-refractivity contribution is 0.122. The van der Waals surface area contributed by atoms with Crippen LogP contribution in [-0.2, 0) is 4.74 Å². The van der Waals surface area contributed by atoms with Crippen molar-refractivity contribution in [1.82, 2.24) is 14.9 Å². The Hall–Kier alpha value is -3.20. The summed E-state index contributed by atoms with van der Waals surface area (Å²) in [7, 11) is 0. The largest absolute Gasteiger partial charge is 0.378 e. The first-order chi connectivity index (χ1) is 18.5. The minimum atomic E-state index is -0.0820. The van der Waals surface area contributed by atoms with Gasteiger partial charge in [0.05, 0.1) is 31.0 Å². The van der Waals surface area contributed by atoms with Crippen molar-refractivity contribution in [2.24, 2.45) is 0 Å². The molecule has 0 aliphatic carbocycles. The second-order valence-corrected chi connectivity index (χ2v) is 11.1. The molecule has 0 spiro atoms. The van der Waals surface area contributed by atoms with Gasteiger partial charge in [0.15, 0.2) is 5.11 Å². The van der Waals surface area contributed by atoms with Crippen LogP contribution in [0.3, 0.4) is 0 Å². The first-order valence-corrected chi connectivity index (χ1v) is 14.1. The molecule has 2 aliphatic rings. The summed E-state index contributed by atoms with van der Waals surface area (Å²) in [5.41, 5.74) is 7.99. The second kappa shape index (κ2) is 10.5. The van der Waals surface area contributed by atoms with Crippen molar-refractivity contribution in [3.05, 3.63) is 106 Å². The van der Waals surface area contributed by atoms with Gasteiger partial charge in [0.1, 0.15) is 0 Å². The van der Waals surface area contributed by atoms with E-state index < -0.39 is 0 Å². The monoisotopic (exact) mass is 587 g/mol. The molecule has 2 fully saturated rings. The topological polar surface area (TPSA) is 45.6 Å². The number of ether oxygens (including phenoxy) is 1. The van der Waals surface area contributed by atoms with Gasteiger partial charge in [0.25, 0.3) is 0 Å². The zero-order valence-electron chi connectivity index (χ0n) is 21.5. The fraction of sp³-hybridized carbons (Fsp3) is 0.267. The molecule has 0 unspecified atom stereocenters. The van der Waals surface area contributed by atoms with Crippen molar-refractivity contribution >= 4 is 44.6 Å². The van der Waals surface area contributed by atoms with Gasteiger partial charge in [0, 0.05) is 52.2 Å². The number of rotatable bonds is 5. The maximum atomic E-state index is 5.97. The molecule has 2 aliphatic heterocycles. The maximum Gasteiger partial charge on any atom is 0.174 e. The van der Waals surface area contributed by atoms with Crippen LogP contribution in [0.25, 0.3) is 5.69 Å². The molecule has 2 saturated heterocycles. The van der Waals surface area contributed by atoms with E-state index >= 15 is 0 Å². The number of hydrogen-bond acceptors (Lipinski definition) is 4. The summed E-state index contributed by atoms with van der Waals surface area (Å²) in [5, 5.41) is 4.31. The highest BCUT2D eigenvalue weighted by Crippen LogP contribution is 2.44. The normalized spacial score (nSPS) is 19.6. The highest BCUT2D eigenvalue weighted by molar-refractivity contribution is 9.10. The van der Waals surface area contributed by atoms with Crippen molar-refractivity contribution in [2.75, 3.05) is 36.1 Å². The Morgan fingerprint density at radius 3 is 2.29 bits per heavy atom. The van der Waals surface area contributed by atoms with Crippen LogP contribution in [0.1, 0.15) is 34.7 Å². The molecule has 2 atom stereocenters. The molecule has 0 amide bonds. The van der Waals surface area contributed by atoms with Crippen LogP contribution in [0.4, 0.5) is 11.4 Å². The number of hydrogen-bond donors (Lipinski definition) is 1. The fourth-order valence-electron chi connectivity index (χ4n) is 5.67. The van der Waals surface area contributed by atoms with Gasteiger partial charge in [-0.3, -0.25) is 4.98 Å². The van der Waals surface area contributed by atoms with Crippen LogP contribution in [-0.4, -0.2) is 41.0 Å². The van der Waals surface area contributed by atoms with Gasteiger partial charge in [0.2, 0.25) is 0 Å². The molecule has 2 aromatic heterocycles. The first kappa shape index (κ1) is 25.1. The second-order valence-electron chi connectivity index (χ2n) is 9.75. The van der Waals surface area contributed by atoms with Crippen LogP contribution in [0.5, 0.6) is 0 Å². The highest BCUT2D eigenvalue weighted by atomic mass is 79.9. The molecular weight excluding hydrogens is 558 g/mol. The molecule has 6 rings (SSSR count). The summed E-state index contributed by atoms with van der Waals surface area (Å²) in [6.07, 6.45) is 1.85. The Morgan fingerprint density at radius 2 is 1.61 bits per heavy atom. The summed E-state index contributed by atoms with van der Waals surface area (Å²) < 4.78 is 8.92. The zero-order valence-corrected chi connectivity index (χ0v) is 23.9. The minimum absolute atomic E-state index is 0.0537. The zero-order chi connectivity index (χ0) is 26.2. The van der Waals surface area contributed by atoms with Gasteiger partial charge in [-0.05, 0) is 98.4 Å². The van der Waals surface area contributed by atoms with E-state index in [4.69, 9.17) is 21.9 Å². The number of nitrogens with one attached hydrogen (secondary N) is 1. The quantitative estimate of drug-likeness (QED) is 0.278. The van der Waals surface area contributed by atoms with Crippen molar-refractivity contribution < 1.29 is 4.74 Å². The Morgan fingerprint density at radius 1 is 0.921 bits per heavy atom. The van der Waals surface area contributed by atoms with Gasteiger partial charge in [-0.2, -0.15) is 0 Å². The molecule has 194 valence electrons. The van der Waals surface area contributed by atoms with Crippen LogP contribution in [0.2, 0.25) is 0 Å². The van der Waals surface area contributed by atoms with Crippen LogP contribution >= 0.6 is 28.1 Å². The average Bonchev–Trinajstić information content (AvgIpc) is 3.45. The summed E-state index contributed by atoms with van der Waals surface area (Å²) in [6.45, 7) is 7.72. The SMILES string of the molecule is Cc1cc([C@H]2[C@H](c3ccccn3)NC(=S)N2c2ccc(N3CCOCC3)cc2)c(C)n1-c1ccc(Br)cc1. The third kappa shape index (κ3) is 4.61. The summed E-state index contributed by atoms with van der Waals surface area (Å²) in [6, 6.07) is 25.4. The number of morpholine rings is 1. The Balaban J connectivity index is 1.43. The lowest BCUT2D eigenvalue weighted by Gasteiger charge is -2.31. The van der Waals surface area contributed by atoms with E-state index in [1.54, 1.807) is 0 Å². The third-order valence-corrected chi connectivity index (χ3v) is 8.32. The molecule has 38 heavy (non-hydrogen) atoms. The smallest absolute Gasteiger partial charge is 0.174 e. The number of benzene rings is 2. The predicted octanol–water partition coefficient (Wildman–Crippen LogP) is 6.27. The lowest BCUT2D eigenvalue weighted by Crippen LogP contribution is -2.36. The molecule has 0 saturated carbocycles. The molecule has 0 radical (unpaired) electrons. The average molecular weight is 589 g/mol. The maximum absolute atomic E-state index is 5.97. The molecule has 4 heterocycles. The van der Waals surface area contributed by atoms with E-state index in [-0.39, 0.29) is 12.1 Å². The van der Waals surface area contributed by atoms with E-state index in [2.05, 4.69) is 110 Å². The van der Waals surface area contributed by atoms with E-state index in [1.165, 1.54) is 22.6 Å². The lowest BCUT2D eigenvalue weighted by atomic mass is 9.96. The van der Waals surface area contributed by atoms with E-state index in [9.17, 15) is 0 Å². The van der Waals surface area contributed by atoms with Gasteiger partial charge in [-0.25, -0.2) is 0 Å². The van der Waals surface area contributed by atoms with Crippen molar-refractivity contribution in [1.29, 1.82) is 0 Å². The summed E-state index contributed by atoms with van der Waals surface area (Å²) in [5.74, 6) is 0. The number of nitrogens with zero attached hydrogens (tertiary/aromatic N) is 4. The molecule has 0 bridgehead atoms. The van der Waals surface area contributed by atoms with Gasteiger partial charge >= 0.3 is 0 Å². The Labute approximate surface area is 237 Å². The van der Waals surface area contributed by atoms with E-state index in [0.717, 1.165) is 47.8 Å². The number of halogens is 1. The van der Waals surface area contributed by atoms with Gasteiger partial charge < -0.3 is 24.4 Å². The predicted molar refractivity (Wildman–Crippen MR) is 160 cm³/mol. The molecule has 2 aromatic carbocycles. The molecule has 8 heteroatoms. The Kier molecular flexibility index (Phi) is 6.95. The van der Waals surface area contributed by atoms with Gasteiger partial charge in [-0.15, -0.1) is 0 Å². The molecule has 1 N–H and O–H groups in total. The number of anilines is 2. The van der Waals surface area contributed by atoms with Crippen molar-refractivity contribution in [2.45, 2.75) is 25.9 Å². The standard InChI is InChI=1S/C30H30BrN5OS/c1-20-19-26(21(2)35(20)24-8-6-22(31)7-9-24)29-28(27-5-3-4-14-32-27)33-30(38)36(29)25-12-10-23(11-13-25)34-15-17-37-18-16-34/h3-14,19,28-29H,15-18H2,1-2H3,(H,33,38)/t28-,29-/m0/s1. The van der Waals surface area contributed by atoms with E-state index in [1.807, 2.05) is 18.3 Å².